The quantitative estimate of drug-likeness (QED) is 0.282. The van der Waals surface area contributed by atoms with Gasteiger partial charge in [-0.1, -0.05) is 46.3 Å². The molecular formula is C27H25BrN2O4. The lowest BCUT2D eigenvalue weighted by Crippen LogP contribution is -2.28. The summed E-state index contributed by atoms with van der Waals surface area (Å²) in [6, 6.07) is 11.6. The fraction of sp³-hybridized carbons (Fsp3) is 0.296. The third kappa shape index (κ3) is 3.98. The molecule has 3 aliphatic rings. The molecule has 5 rings (SSSR count). The van der Waals surface area contributed by atoms with E-state index in [0.717, 1.165) is 27.0 Å². The molecule has 1 saturated carbocycles. The third-order valence-corrected chi connectivity index (χ3v) is 7.33. The van der Waals surface area contributed by atoms with Crippen molar-refractivity contribution in [1.29, 1.82) is 0 Å². The summed E-state index contributed by atoms with van der Waals surface area (Å²) in [6.07, 6.45) is 8.94. The number of methoxy groups -OCH3 is 1. The van der Waals surface area contributed by atoms with E-state index in [9.17, 15) is 9.59 Å². The molecule has 6 nitrogen and oxygen atoms in total. The van der Waals surface area contributed by atoms with Gasteiger partial charge in [-0.15, -0.1) is 6.58 Å². The second kappa shape index (κ2) is 9.22. The first-order valence-corrected chi connectivity index (χ1v) is 12.1. The minimum Gasteiger partial charge on any atom is -0.493 e. The summed E-state index contributed by atoms with van der Waals surface area (Å²) in [4.78, 5) is 25.8. The lowest BCUT2D eigenvalue weighted by Gasteiger charge is -2.16. The number of imide groups is 1. The predicted octanol–water partition coefficient (Wildman–Crippen LogP) is 4.91. The van der Waals surface area contributed by atoms with Gasteiger partial charge in [-0.2, -0.15) is 10.1 Å². The maximum atomic E-state index is 12.9. The summed E-state index contributed by atoms with van der Waals surface area (Å²) >= 11 is 3.44. The maximum Gasteiger partial charge on any atom is 0.254 e. The smallest absolute Gasteiger partial charge is 0.254 e. The number of halogens is 1. The molecule has 0 radical (unpaired) electrons. The summed E-state index contributed by atoms with van der Waals surface area (Å²) in [6.45, 7) is 4.24. The predicted molar refractivity (Wildman–Crippen MR) is 133 cm³/mol. The summed E-state index contributed by atoms with van der Waals surface area (Å²) in [5.41, 5.74) is 2.62. The first kappa shape index (κ1) is 22.6. The molecule has 2 aromatic carbocycles. The number of hydrazone groups is 1. The van der Waals surface area contributed by atoms with E-state index in [2.05, 4.69) is 39.8 Å². The van der Waals surface area contributed by atoms with Crippen LogP contribution in [0.1, 0.15) is 23.1 Å². The van der Waals surface area contributed by atoms with Crippen LogP contribution in [0.4, 0.5) is 0 Å². The van der Waals surface area contributed by atoms with Gasteiger partial charge in [0.25, 0.3) is 11.8 Å². The van der Waals surface area contributed by atoms with Crippen LogP contribution in [0.2, 0.25) is 0 Å². The van der Waals surface area contributed by atoms with Crippen molar-refractivity contribution in [3.63, 3.8) is 0 Å². The molecule has 0 aromatic heterocycles. The van der Waals surface area contributed by atoms with Crippen molar-refractivity contribution >= 4 is 34.0 Å². The molecule has 0 spiro atoms. The number of amides is 2. The zero-order valence-electron chi connectivity index (χ0n) is 18.8. The van der Waals surface area contributed by atoms with E-state index >= 15 is 0 Å². The van der Waals surface area contributed by atoms with E-state index in [-0.39, 0.29) is 35.5 Å². The Bertz CT molecular complexity index is 1170. The standard InChI is InChI=1S/C27H25BrN2O4/c1-3-4-20-11-17(12-22(33-2)25(20)34-15-16-5-9-21(28)10-6-16)14-29-30-26(31)23-18-7-8-19(13-18)24(23)27(30)32/h3,5-12,14,18-19,23-24H,1,4,13,15H2,2H3/t18-,19-,23-,24+/m0/s1. The van der Waals surface area contributed by atoms with Gasteiger partial charge >= 0.3 is 0 Å². The van der Waals surface area contributed by atoms with E-state index in [4.69, 9.17) is 9.47 Å². The van der Waals surface area contributed by atoms with Crippen molar-refractivity contribution < 1.29 is 19.1 Å². The monoisotopic (exact) mass is 520 g/mol. The van der Waals surface area contributed by atoms with E-state index in [1.54, 1.807) is 25.5 Å². The molecule has 0 unspecified atom stereocenters. The van der Waals surface area contributed by atoms with Crippen LogP contribution in [-0.2, 0) is 22.6 Å². The normalized spacial score (nSPS) is 24.8. The fourth-order valence-electron chi connectivity index (χ4n) is 5.24. The number of hydrogen-bond acceptors (Lipinski definition) is 5. The van der Waals surface area contributed by atoms with Crippen LogP contribution in [0, 0.1) is 23.7 Å². The Hall–Kier alpha value is -3.19. The molecule has 7 heteroatoms. The first-order valence-electron chi connectivity index (χ1n) is 11.3. The number of carbonyl (C=O) groups excluding carboxylic acids is 2. The lowest BCUT2D eigenvalue weighted by atomic mass is 9.85. The van der Waals surface area contributed by atoms with Crippen LogP contribution in [-0.4, -0.2) is 30.1 Å². The molecule has 4 atom stereocenters. The van der Waals surface area contributed by atoms with Crippen LogP contribution < -0.4 is 9.47 Å². The van der Waals surface area contributed by atoms with Gasteiger partial charge in [-0.05, 0) is 60.1 Å². The number of nitrogens with zero attached hydrogens (tertiary/aromatic N) is 2. The highest BCUT2D eigenvalue weighted by molar-refractivity contribution is 9.10. The molecule has 34 heavy (non-hydrogen) atoms. The number of rotatable bonds is 8. The summed E-state index contributed by atoms with van der Waals surface area (Å²) < 4.78 is 12.7. The Labute approximate surface area is 207 Å². The molecule has 174 valence electrons. The van der Waals surface area contributed by atoms with Gasteiger partial charge in [-0.25, -0.2) is 0 Å². The number of ether oxygens (including phenoxy) is 2. The van der Waals surface area contributed by atoms with E-state index in [1.807, 2.05) is 30.3 Å². The zero-order valence-corrected chi connectivity index (χ0v) is 20.4. The van der Waals surface area contributed by atoms with Crippen LogP contribution in [0.25, 0.3) is 0 Å². The third-order valence-electron chi connectivity index (χ3n) is 6.80. The maximum absolute atomic E-state index is 12.9. The van der Waals surface area contributed by atoms with E-state index in [1.165, 1.54) is 0 Å². The van der Waals surface area contributed by atoms with Gasteiger partial charge in [0, 0.05) is 10.0 Å². The SMILES string of the molecule is C=CCc1cc(C=NN2C(=O)[C@@H]3[C@H](C2=O)[C@H]2C=C[C@H]3C2)cc(OC)c1OCc1ccc(Br)cc1. The average molecular weight is 521 g/mol. The van der Waals surface area contributed by atoms with E-state index < -0.39 is 0 Å². The van der Waals surface area contributed by atoms with Crippen molar-refractivity contribution in [1.82, 2.24) is 5.01 Å². The van der Waals surface area contributed by atoms with Crippen LogP contribution in [0.3, 0.4) is 0 Å². The second-order valence-electron chi connectivity index (χ2n) is 8.85. The minimum atomic E-state index is -0.264. The zero-order chi connectivity index (χ0) is 23.8. The highest BCUT2D eigenvalue weighted by atomic mass is 79.9. The highest BCUT2D eigenvalue weighted by Crippen LogP contribution is 2.52. The van der Waals surface area contributed by atoms with Crippen molar-refractivity contribution in [2.45, 2.75) is 19.4 Å². The number of benzene rings is 2. The molecule has 2 amide bonds. The molecule has 2 aromatic rings. The molecule has 1 saturated heterocycles. The largest absolute Gasteiger partial charge is 0.493 e. The summed E-state index contributed by atoms with van der Waals surface area (Å²) in [5.74, 6) is 0.580. The molecule has 0 N–H and O–H groups in total. The van der Waals surface area contributed by atoms with Gasteiger partial charge in [0.05, 0.1) is 25.2 Å². The Balaban J connectivity index is 1.38. The first-order chi connectivity index (χ1) is 16.5. The Morgan fingerprint density at radius 1 is 1.12 bits per heavy atom. The minimum absolute atomic E-state index is 0.160. The van der Waals surface area contributed by atoms with Crippen molar-refractivity contribution in [3.05, 3.63) is 82.4 Å². The van der Waals surface area contributed by atoms with Crippen LogP contribution in [0.5, 0.6) is 11.5 Å². The number of carbonyl (C=O) groups is 2. The van der Waals surface area contributed by atoms with Crippen molar-refractivity contribution in [2.75, 3.05) is 7.11 Å². The fourth-order valence-corrected chi connectivity index (χ4v) is 5.51. The number of allylic oxidation sites excluding steroid dienone is 3. The number of fused-ring (bicyclic) bond motifs is 5. The molecular weight excluding hydrogens is 496 g/mol. The van der Waals surface area contributed by atoms with Gasteiger partial charge in [-0.3, -0.25) is 9.59 Å². The van der Waals surface area contributed by atoms with Crippen LogP contribution in [0.15, 0.2) is 70.8 Å². The molecule has 2 fully saturated rings. The van der Waals surface area contributed by atoms with Gasteiger partial charge in [0.1, 0.15) is 6.61 Å². The molecule has 1 heterocycles. The van der Waals surface area contributed by atoms with Gasteiger partial charge in [0.2, 0.25) is 0 Å². The lowest BCUT2D eigenvalue weighted by molar-refractivity contribution is -0.140. The Morgan fingerprint density at radius 3 is 2.41 bits per heavy atom. The average Bonchev–Trinajstić information content (AvgIpc) is 3.52. The molecule has 2 bridgehead atoms. The summed E-state index contributed by atoms with van der Waals surface area (Å²) in [5, 5.41) is 5.35. The number of hydrogen-bond donors (Lipinski definition) is 0. The Morgan fingerprint density at radius 2 is 1.79 bits per heavy atom. The van der Waals surface area contributed by atoms with Crippen molar-refractivity contribution in [2.24, 2.45) is 28.8 Å². The highest BCUT2D eigenvalue weighted by Gasteiger charge is 2.59. The summed E-state index contributed by atoms with van der Waals surface area (Å²) in [7, 11) is 1.58. The second-order valence-corrected chi connectivity index (χ2v) is 9.77. The van der Waals surface area contributed by atoms with Crippen molar-refractivity contribution in [3.8, 4) is 11.5 Å². The molecule has 2 aliphatic carbocycles. The van der Waals surface area contributed by atoms with E-state index in [0.29, 0.717) is 30.1 Å². The van der Waals surface area contributed by atoms with Gasteiger partial charge in [0.15, 0.2) is 11.5 Å². The van der Waals surface area contributed by atoms with Crippen LogP contribution >= 0.6 is 15.9 Å². The topological polar surface area (TPSA) is 68.2 Å². The Kier molecular flexibility index (Phi) is 6.13. The van der Waals surface area contributed by atoms with Gasteiger partial charge < -0.3 is 9.47 Å². The molecule has 1 aliphatic heterocycles.